The quantitative estimate of drug-likeness (QED) is 0.427. The first-order valence-corrected chi connectivity index (χ1v) is 3.20. The lowest BCUT2D eigenvalue weighted by Gasteiger charge is -1.46. The van der Waals surface area contributed by atoms with E-state index < -0.39 is 0 Å². The monoisotopic (exact) mass is 118 g/mol. The molecule has 0 saturated heterocycles. The van der Waals surface area contributed by atoms with Gasteiger partial charge in [0.25, 0.3) is 0 Å². The second kappa shape index (κ2) is 8.99. The third-order valence-corrected chi connectivity index (χ3v) is 0. The van der Waals surface area contributed by atoms with Crippen molar-refractivity contribution in [1.82, 2.24) is 0 Å². The van der Waals surface area contributed by atoms with Gasteiger partial charge in [-0.15, -0.1) is 23.6 Å². The molecule has 1 atom stereocenters. The molecule has 0 radical (unpaired) electrons. The van der Waals surface area contributed by atoms with Crippen molar-refractivity contribution in [2.45, 2.75) is 0 Å². The highest BCUT2D eigenvalue weighted by atomic mass is 35.7. The Morgan fingerprint density at radius 2 is 1.75 bits per heavy atom. The van der Waals surface area contributed by atoms with Crippen LogP contribution in [0.25, 0.3) is 0 Å². The van der Waals surface area contributed by atoms with E-state index in [0.29, 0.717) is 7.93 Å². The minimum Gasteiger partial charge on any atom is -0.147 e. The lowest BCUT2D eigenvalue weighted by atomic mass is 12.0. The van der Waals surface area contributed by atoms with Crippen molar-refractivity contribution >= 4 is 31.6 Å². The first-order valence-electron chi connectivity index (χ1n) is 0.689. The van der Waals surface area contributed by atoms with E-state index in [1.54, 1.807) is 0 Å². The van der Waals surface area contributed by atoms with E-state index in [0.717, 1.165) is 0 Å². The molecule has 0 amide bonds. The predicted molar refractivity (Wildman–Crippen MR) is 27.3 cm³/mol. The van der Waals surface area contributed by atoms with E-state index in [4.69, 9.17) is 11.2 Å². The number of hydrogen-bond acceptors (Lipinski definition) is 0. The van der Waals surface area contributed by atoms with E-state index in [1.165, 1.54) is 0 Å². The van der Waals surface area contributed by atoms with Gasteiger partial charge in [0.05, 0.1) is 0 Å². The van der Waals surface area contributed by atoms with Crippen LogP contribution in [0.3, 0.4) is 0 Å². The molecule has 0 aliphatic heterocycles. The normalized spacial score (nSPS) is 7.50. The van der Waals surface area contributed by atoms with Crippen molar-refractivity contribution in [2.75, 3.05) is 6.66 Å². The lowest BCUT2D eigenvalue weighted by Crippen LogP contribution is -0.995. The largest absolute Gasteiger partial charge is 0.147 e. The van der Waals surface area contributed by atoms with Crippen molar-refractivity contribution in [3.63, 3.8) is 0 Å². The minimum atomic E-state index is 0. The van der Waals surface area contributed by atoms with Crippen LogP contribution in [0.2, 0.25) is 0 Å². The summed E-state index contributed by atoms with van der Waals surface area (Å²) in [6.07, 6.45) is 0. The van der Waals surface area contributed by atoms with Crippen LogP contribution in [0.1, 0.15) is 0 Å². The zero-order chi connectivity index (χ0) is 2.71. The van der Waals surface area contributed by atoms with E-state index in [2.05, 4.69) is 0 Å². The molecule has 0 spiro atoms. The SMILES string of the molecule is CPCl.Cl. The molecule has 0 heterocycles. The fraction of sp³-hybridized carbons (Fsp3) is 1.00. The van der Waals surface area contributed by atoms with E-state index in [-0.39, 0.29) is 12.4 Å². The molecule has 0 N–H and O–H groups in total. The zero-order valence-electron chi connectivity index (χ0n) is 2.29. The van der Waals surface area contributed by atoms with Crippen LogP contribution < -0.4 is 0 Å². The molecule has 0 aromatic rings. The summed E-state index contributed by atoms with van der Waals surface area (Å²) in [4.78, 5) is 0. The topological polar surface area (TPSA) is 0 Å². The molecular formula is CH5Cl2P. The molecule has 3 heteroatoms. The Hall–Kier alpha value is 1.01. The third kappa shape index (κ3) is 11.9. The fourth-order valence-electron chi connectivity index (χ4n) is 0. The van der Waals surface area contributed by atoms with E-state index >= 15 is 0 Å². The Bertz CT molecular complexity index is 6.00. The van der Waals surface area contributed by atoms with Gasteiger partial charge < -0.3 is 0 Å². The zero-order valence-corrected chi connectivity index (χ0v) is 4.86. The van der Waals surface area contributed by atoms with Crippen molar-refractivity contribution in [3.8, 4) is 0 Å². The van der Waals surface area contributed by atoms with Gasteiger partial charge in [0, 0.05) is 0 Å². The minimum absolute atomic E-state index is 0. The summed E-state index contributed by atoms with van der Waals surface area (Å²) in [6, 6.07) is 0. The molecule has 0 fully saturated rings. The smallest absolute Gasteiger partial charge is 0.0276 e. The summed E-state index contributed by atoms with van der Waals surface area (Å²) in [5.41, 5.74) is 0. The van der Waals surface area contributed by atoms with Crippen molar-refractivity contribution in [1.29, 1.82) is 0 Å². The summed E-state index contributed by atoms with van der Waals surface area (Å²) < 4.78 is 0. The summed E-state index contributed by atoms with van der Waals surface area (Å²) in [6.45, 7) is 1.92. The van der Waals surface area contributed by atoms with Crippen LogP contribution in [-0.4, -0.2) is 6.66 Å². The van der Waals surface area contributed by atoms with Crippen LogP contribution >= 0.6 is 31.6 Å². The maximum Gasteiger partial charge on any atom is -0.0276 e. The van der Waals surface area contributed by atoms with Gasteiger partial charge in [0.15, 0.2) is 0 Å². The average molecular weight is 119 g/mol. The molecule has 0 rings (SSSR count). The molecule has 0 bridgehead atoms. The molecule has 0 aromatic carbocycles. The molecule has 0 aromatic heterocycles. The predicted octanol–water partition coefficient (Wildman–Crippen LogP) is 1.87. The van der Waals surface area contributed by atoms with Crippen molar-refractivity contribution < 1.29 is 0 Å². The van der Waals surface area contributed by atoms with Gasteiger partial charge in [-0.05, 0) is 14.6 Å². The maximum atomic E-state index is 5.03. The summed E-state index contributed by atoms with van der Waals surface area (Å²) in [5, 5.41) is 0. The number of hydrogen-bond donors (Lipinski definition) is 0. The molecule has 0 nitrogen and oxygen atoms in total. The van der Waals surface area contributed by atoms with E-state index in [1.807, 2.05) is 6.66 Å². The van der Waals surface area contributed by atoms with Crippen LogP contribution in [0, 0.1) is 0 Å². The second-order valence-electron chi connectivity index (χ2n) is 0.189. The third-order valence-electron chi connectivity index (χ3n) is 0. The first kappa shape index (κ1) is 8.89. The molecule has 28 valence electrons. The van der Waals surface area contributed by atoms with Crippen LogP contribution in [-0.2, 0) is 0 Å². The first-order chi connectivity index (χ1) is 1.41. The molecule has 1 unspecified atom stereocenters. The second-order valence-corrected chi connectivity index (χ2v) is 1.70. The highest BCUT2D eigenvalue weighted by Gasteiger charge is 1.37. The standard InChI is InChI=1S/CH4ClP.ClH/c1-3-2;/h3H,1H3;1H. The number of rotatable bonds is 0. The molecule has 0 saturated carbocycles. The lowest BCUT2D eigenvalue weighted by molar-refractivity contribution is 2.51. The summed E-state index contributed by atoms with van der Waals surface area (Å²) >= 11 is 5.03. The van der Waals surface area contributed by atoms with Gasteiger partial charge in [-0.3, -0.25) is 0 Å². The molecule has 0 aliphatic carbocycles. The summed E-state index contributed by atoms with van der Waals surface area (Å²) in [7, 11) is 0.556. The van der Waals surface area contributed by atoms with E-state index in [9.17, 15) is 0 Å². The van der Waals surface area contributed by atoms with Gasteiger partial charge in [-0.25, -0.2) is 0 Å². The molecular weight excluding hydrogens is 114 g/mol. The Balaban J connectivity index is 0. The average Bonchev–Trinajstić information content (AvgIpc) is 0.918. The van der Waals surface area contributed by atoms with Crippen LogP contribution in [0.4, 0.5) is 0 Å². The van der Waals surface area contributed by atoms with Gasteiger partial charge in [-0.2, -0.15) is 0 Å². The summed E-state index contributed by atoms with van der Waals surface area (Å²) in [5.74, 6) is 0. The van der Waals surface area contributed by atoms with Gasteiger partial charge >= 0.3 is 0 Å². The van der Waals surface area contributed by atoms with Gasteiger partial charge in [-0.1, -0.05) is 0 Å². The van der Waals surface area contributed by atoms with Crippen LogP contribution in [0.5, 0.6) is 0 Å². The number of halogens is 2. The Morgan fingerprint density at radius 1 is 1.75 bits per heavy atom. The highest BCUT2D eigenvalue weighted by molar-refractivity contribution is 7.67. The maximum absolute atomic E-state index is 5.03. The Labute approximate surface area is 38.9 Å². The Morgan fingerprint density at radius 3 is 1.75 bits per heavy atom. The van der Waals surface area contributed by atoms with Gasteiger partial charge in [0.1, 0.15) is 0 Å². The molecule has 0 aliphatic rings. The molecule has 4 heavy (non-hydrogen) atoms. The van der Waals surface area contributed by atoms with Crippen LogP contribution in [0.15, 0.2) is 0 Å². The highest BCUT2D eigenvalue weighted by Crippen LogP contribution is 2.04. The van der Waals surface area contributed by atoms with Crippen molar-refractivity contribution in [3.05, 3.63) is 0 Å². The van der Waals surface area contributed by atoms with Crippen molar-refractivity contribution in [2.24, 2.45) is 0 Å². The Kier molecular flexibility index (Phi) is 20.0. The fourth-order valence-corrected chi connectivity index (χ4v) is 0. The van der Waals surface area contributed by atoms with Gasteiger partial charge in [0.2, 0.25) is 0 Å².